The van der Waals surface area contributed by atoms with E-state index in [0.717, 1.165) is 6.42 Å². The fourth-order valence-corrected chi connectivity index (χ4v) is 4.60. The largest absolute Gasteiger partial charge is 0.347 e. The molecule has 1 aromatic heterocycles. The van der Waals surface area contributed by atoms with Crippen molar-refractivity contribution in [2.45, 2.75) is 24.9 Å². The molecule has 2 aromatic rings. The minimum absolute atomic E-state index is 0.0329. The summed E-state index contributed by atoms with van der Waals surface area (Å²) in [4.78, 5) is 30.8. The Labute approximate surface area is 159 Å². The molecular formula is C21H24N4O2. The molecule has 3 heterocycles. The first-order valence-electron chi connectivity index (χ1n) is 9.35. The second kappa shape index (κ2) is 7.12. The molecule has 1 aromatic carbocycles. The Morgan fingerprint density at radius 3 is 2.74 bits per heavy atom. The Kier molecular flexibility index (Phi) is 4.66. The molecule has 27 heavy (non-hydrogen) atoms. The minimum Gasteiger partial charge on any atom is -0.347 e. The average Bonchev–Trinajstić information content (AvgIpc) is 3.06. The minimum atomic E-state index is -0.456. The van der Waals surface area contributed by atoms with Crippen LogP contribution in [0.4, 0.5) is 0 Å². The van der Waals surface area contributed by atoms with E-state index in [4.69, 9.17) is 0 Å². The molecule has 2 fully saturated rings. The van der Waals surface area contributed by atoms with Crippen molar-refractivity contribution in [3.8, 4) is 0 Å². The molecule has 140 valence electrons. The van der Waals surface area contributed by atoms with Crippen molar-refractivity contribution >= 4 is 11.8 Å². The van der Waals surface area contributed by atoms with E-state index >= 15 is 0 Å². The van der Waals surface area contributed by atoms with Crippen LogP contribution in [0, 0.1) is 5.92 Å². The van der Waals surface area contributed by atoms with Crippen molar-refractivity contribution in [2.75, 3.05) is 19.6 Å². The first kappa shape index (κ1) is 17.7. The lowest BCUT2D eigenvalue weighted by molar-refractivity contribution is -0.122. The maximum absolute atomic E-state index is 12.9. The first-order valence-corrected chi connectivity index (χ1v) is 9.35. The molecule has 2 aliphatic rings. The average molecular weight is 364 g/mol. The fourth-order valence-electron chi connectivity index (χ4n) is 4.60. The monoisotopic (exact) mass is 364 g/mol. The summed E-state index contributed by atoms with van der Waals surface area (Å²) in [5.41, 5.74) is 1.35. The highest BCUT2D eigenvalue weighted by atomic mass is 16.2. The standard InChI is InChI=1S/C21H24N4O2/c1-15(26)24-21-13-23-19(16-6-3-2-4-7-16)18(21)9-11-25(14-21)20(27)17-8-5-10-22-12-17/h2-8,10,12,18-19,23H,9,11,13-14H2,1H3,(H,24,26)/t18-,19-,21+/m1/s1. The lowest BCUT2D eigenvalue weighted by Gasteiger charge is -2.45. The number of benzene rings is 1. The Hall–Kier alpha value is -2.73. The van der Waals surface area contributed by atoms with E-state index in [0.29, 0.717) is 25.2 Å². The van der Waals surface area contributed by atoms with Crippen LogP contribution >= 0.6 is 0 Å². The second-order valence-corrected chi connectivity index (χ2v) is 7.47. The SMILES string of the molecule is CC(=O)N[C@]12CN[C@H](c3ccccc3)[C@H]1CCN(C(=O)c1cccnc1)C2. The zero-order chi connectivity index (χ0) is 18.9. The highest BCUT2D eigenvalue weighted by Gasteiger charge is 2.53. The van der Waals surface area contributed by atoms with Crippen LogP contribution in [0.15, 0.2) is 54.9 Å². The summed E-state index contributed by atoms with van der Waals surface area (Å²) in [5.74, 6) is 0.141. The molecule has 6 heteroatoms. The number of nitrogens with zero attached hydrogens (tertiary/aromatic N) is 2. The van der Waals surface area contributed by atoms with E-state index < -0.39 is 5.54 Å². The van der Waals surface area contributed by atoms with Gasteiger partial charge in [-0.25, -0.2) is 0 Å². The van der Waals surface area contributed by atoms with Gasteiger partial charge in [-0.3, -0.25) is 14.6 Å². The van der Waals surface area contributed by atoms with Crippen molar-refractivity contribution in [1.82, 2.24) is 20.5 Å². The molecular weight excluding hydrogens is 340 g/mol. The van der Waals surface area contributed by atoms with E-state index in [2.05, 4.69) is 27.8 Å². The molecule has 0 aliphatic carbocycles. The number of carbonyl (C=O) groups excluding carboxylic acids is 2. The van der Waals surface area contributed by atoms with Gasteiger partial charge in [0.15, 0.2) is 0 Å². The van der Waals surface area contributed by atoms with Gasteiger partial charge >= 0.3 is 0 Å². The molecule has 2 saturated heterocycles. The molecule has 0 bridgehead atoms. The van der Waals surface area contributed by atoms with Crippen LogP contribution in [-0.4, -0.2) is 46.9 Å². The summed E-state index contributed by atoms with van der Waals surface area (Å²) in [5, 5.41) is 6.78. The molecule has 0 radical (unpaired) electrons. The lowest BCUT2D eigenvalue weighted by Crippen LogP contribution is -2.64. The zero-order valence-electron chi connectivity index (χ0n) is 15.4. The number of nitrogens with one attached hydrogen (secondary N) is 2. The fraction of sp³-hybridized carbons (Fsp3) is 0.381. The third kappa shape index (κ3) is 3.32. The molecule has 0 unspecified atom stereocenters. The number of fused-ring (bicyclic) bond motifs is 1. The van der Waals surface area contributed by atoms with Gasteiger partial charge in [0.1, 0.15) is 0 Å². The summed E-state index contributed by atoms with van der Waals surface area (Å²) in [6.07, 6.45) is 4.09. The maximum Gasteiger partial charge on any atom is 0.255 e. The Morgan fingerprint density at radius 2 is 2.04 bits per heavy atom. The number of piperidine rings is 1. The number of pyridine rings is 1. The number of aromatic nitrogens is 1. The summed E-state index contributed by atoms with van der Waals surface area (Å²) in [6.45, 7) is 3.36. The van der Waals surface area contributed by atoms with Gasteiger partial charge in [-0.15, -0.1) is 0 Å². The van der Waals surface area contributed by atoms with Gasteiger partial charge < -0.3 is 15.5 Å². The maximum atomic E-state index is 12.9. The molecule has 6 nitrogen and oxygen atoms in total. The normalized spacial score (nSPS) is 27.1. The molecule has 2 amide bonds. The van der Waals surface area contributed by atoms with Crippen molar-refractivity contribution in [3.05, 3.63) is 66.0 Å². The van der Waals surface area contributed by atoms with Crippen molar-refractivity contribution < 1.29 is 9.59 Å². The van der Waals surface area contributed by atoms with E-state index in [9.17, 15) is 9.59 Å². The van der Waals surface area contributed by atoms with E-state index in [1.54, 1.807) is 31.5 Å². The van der Waals surface area contributed by atoms with E-state index in [1.165, 1.54) is 5.56 Å². The highest BCUT2D eigenvalue weighted by Crippen LogP contribution is 2.42. The first-order chi connectivity index (χ1) is 13.1. The van der Waals surface area contributed by atoms with Crippen molar-refractivity contribution in [2.24, 2.45) is 5.92 Å². The highest BCUT2D eigenvalue weighted by molar-refractivity contribution is 5.94. The molecule has 0 spiro atoms. The van der Waals surface area contributed by atoms with Gasteiger partial charge in [0.05, 0.1) is 11.1 Å². The summed E-state index contributed by atoms with van der Waals surface area (Å²) in [7, 11) is 0. The van der Waals surface area contributed by atoms with E-state index in [-0.39, 0.29) is 23.8 Å². The Morgan fingerprint density at radius 1 is 1.22 bits per heavy atom. The Bertz CT molecular complexity index is 827. The molecule has 3 atom stereocenters. The molecule has 0 saturated carbocycles. The van der Waals surface area contributed by atoms with Gasteiger partial charge in [-0.2, -0.15) is 0 Å². The number of likely N-dealkylation sites (tertiary alicyclic amines) is 1. The Balaban J connectivity index is 1.61. The van der Waals surface area contributed by atoms with Gasteiger partial charge in [0.2, 0.25) is 5.91 Å². The molecule has 4 rings (SSSR count). The van der Waals surface area contributed by atoms with Gasteiger partial charge in [0, 0.05) is 50.9 Å². The van der Waals surface area contributed by atoms with E-state index in [1.807, 2.05) is 23.1 Å². The quantitative estimate of drug-likeness (QED) is 0.870. The number of amides is 2. The predicted molar refractivity (Wildman–Crippen MR) is 102 cm³/mol. The predicted octanol–water partition coefficient (Wildman–Crippen LogP) is 1.76. The number of hydrogen-bond donors (Lipinski definition) is 2. The topological polar surface area (TPSA) is 74.3 Å². The van der Waals surface area contributed by atoms with Crippen LogP contribution in [-0.2, 0) is 4.79 Å². The van der Waals surface area contributed by atoms with Crippen LogP contribution in [0.25, 0.3) is 0 Å². The van der Waals surface area contributed by atoms with Crippen LogP contribution in [0.3, 0.4) is 0 Å². The summed E-state index contributed by atoms with van der Waals surface area (Å²) >= 11 is 0. The van der Waals surface area contributed by atoms with Crippen molar-refractivity contribution in [1.29, 1.82) is 0 Å². The van der Waals surface area contributed by atoms with Crippen LogP contribution in [0.5, 0.6) is 0 Å². The second-order valence-electron chi connectivity index (χ2n) is 7.47. The van der Waals surface area contributed by atoms with Crippen LogP contribution < -0.4 is 10.6 Å². The van der Waals surface area contributed by atoms with Crippen LogP contribution in [0.2, 0.25) is 0 Å². The van der Waals surface area contributed by atoms with Crippen molar-refractivity contribution in [3.63, 3.8) is 0 Å². The summed E-state index contributed by atoms with van der Waals surface area (Å²) < 4.78 is 0. The van der Waals surface area contributed by atoms with Gasteiger partial charge in [0.25, 0.3) is 5.91 Å². The number of rotatable bonds is 3. The number of carbonyl (C=O) groups is 2. The van der Waals surface area contributed by atoms with Gasteiger partial charge in [-0.05, 0) is 24.1 Å². The third-order valence-electron chi connectivity index (χ3n) is 5.71. The van der Waals surface area contributed by atoms with Gasteiger partial charge in [-0.1, -0.05) is 30.3 Å². The third-order valence-corrected chi connectivity index (χ3v) is 5.71. The number of hydrogen-bond acceptors (Lipinski definition) is 4. The zero-order valence-corrected chi connectivity index (χ0v) is 15.4. The lowest BCUT2D eigenvalue weighted by atomic mass is 9.75. The summed E-state index contributed by atoms with van der Waals surface area (Å²) in [6, 6.07) is 14.1. The smallest absolute Gasteiger partial charge is 0.255 e. The molecule has 2 N–H and O–H groups in total. The molecule has 2 aliphatic heterocycles. The van der Waals surface area contributed by atoms with Crippen LogP contribution in [0.1, 0.15) is 35.3 Å².